The van der Waals surface area contributed by atoms with Crippen LogP contribution in [0.25, 0.3) is 11.0 Å². The van der Waals surface area contributed by atoms with E-state index >= 15 is 0 Å². The van der Waals surface area contributed by atoms with Crippen molar-refractivity contribution < 1.29 is 14.3 Å². The van der Waals surface area contributed by atoms with E-state index in [1.54, 1.807) is 0 Å². The zero-order valence-electron chi connectivity index (χ0n) is 14.1. The quantitative estimate of drug-likeness (QED) is 0.786. The highest BCUT2D eigenvalue weighted by molar-refractivity contribution is 5.86. The zero-order chi connectivity index (χ0) is 17.6. The summed E-state index contributed by atoms with van der Waals surface area (Å²) in [6, 6.07) is 7.74. The highest BCUT2D eigenvalue weighted by Gasteiger charge is 2.20. The molecule has 2 aromatic rings. The Balaban J connectivity index is 1.78. The van der Waals surface area contributed by atoms with Crippen LogP contribution in [0.15, 0.2) is 36.9 Å². The lowest BCUT2D eigenvalue weighted by Gasteiger charge is -2.27. The van der Waals surface area contributed by atoms with Gasteiger partial charge in [0.05, 0.1) is 24.2 Å². The lowest BCUT2D eigenvalue weighted by atomic mass is 10.3. The van der Waals surface area contributed by atoms with Crippen molar-refractivity contribution in [1.82, 2.24) is 19.8 Å². The summed E-state index contributed by atoms with van der Waals surface area (Å²) in [6.45, 7) is 6.53. The van der Waals surface area contributed by atoms with Crippen LogP contribution in [-0.4, -0.2) is 59.1 Å². The van der Waals surface area contributed by atoms with Gasteiger partial charge in [-0.2, -0.15) is 0 Å². The van der Waals surface area contributed by atoms with Crippen LogP contribution in [0.1, 0.15) is 5.82 Å². The number of para-hydroxylation sites is 2. The lowest BCUT2D eigenvalue weighted by Crippen LogP contribution is -2.42. The number of benzene rings is 1. The third kappa shape index (κ3) is 4.06. The zero-order valence-corrected chi connectivity index (χ0v) is 14.1. The molecule has 132 valence electrons. The van der Waals surface area contributed by atoms with Crippen LogP contribution in [0.5, 0.6) is 0 Å². The van der Waals surface area contributed by atoms with Crippen molar-refractivity contribution in [2.45, 2.75) is 13.0 Å². The molecule has 7 heteroatoms. The van der Waals surface area contributed by atoms with Crippen LogP contribution >= 0.6 is 0 Å². The van der Waals surface area contributed by atoms with Crippen molar-refractivity contribution in [3.05, 3.63) is 42.7 Å². The summed E-state index contributed by atoms with van der Waals surface area (Å²) >= 11 is 0. The number of carbonyl (C=O) groups is 2. The van der Waals surface area contributed by atoms with E-state index in [4.69, 9.17) is 4.74 Å². The van der Waals surface area contributed by atoms with Gasteiger partial charge in [-0.15, -0.1) is 0 Å². The first kappa shape index (κ1) is 17.2. The van der Waals surface area contributed by atoms with E-state index in [1.165, 1.54) is 6.08 Å². The fraction of sp³-hybridized carbons (Fsp3) is 0.389. The maximum absolute atomic E-state index is 12.6. The average molecular weight is 342 g/mol. The standard InChI is InChI=1S/C18H22N4O3/c1-2-17(23)19-8-7-16-20-14-5-3-4-6-15(14)22(16)13-18(24)21-9-11-25-12-10-21/h2-6H,1,7-13H2,(H,19,23). The number of hydrogen-bond acceptors (Lipinski definition) is 4. The smallest absolute Gasteiger partial charge is 0.243 e. The number of carbonyl (C=O) groups excluding carboxylic acids is 2. The molecule has 1 aliphatic heterocycles. The molecule has 2 heterocycles. The second kappa shape index (κ2) is 7.94. The summed E-state index contributed by atoms with van der Waals surface area (Å²) in [4.78, 5) is 30.4. The number of nitrogens with one attached hydrogen (secondary N) is 1. The first-order valence-electron chi connectivity index (χ1n) is 8.39. The van der Waals surface area contributed by atoms with Crippen molar-refractivity contribution in [2.24, 2.45) is 0 Å². The Labute approximate surface area is 146 Å². The molecule has 2 amide bonds. The maximum atomic E-state index is 12.6. The largest absolute Gasteiger partial charge is 0.378 e. The third-order valence-electron chi connectivity index (χ3n) is 4.22. The number of fused-ring (bicyclic) bond motifs is 1. The van der Waals surface area contributed by atoms with E-state index in [9.17, 15) is 9.59 Å². The van der Waals surface area contributed by atoms with Crippen LogP contribution in [0.2, 0.25) is 0 Å². The average Bonchev–Trinajstić information content (AvgIpc) is 3.00. The van der Waals surface area contributed by atoms with Crippen molar-refractivity contribution in [3.8, 4) is 0 Å². The molecule has 1 aliphatic rings. The number of nitrogens with zero attached hydrogens (tertiary/aromatic N) is 3. The summed E-state index contributed by atoms with van der Waals surface area (Å²) < 4.78 is 7.24. The molecule has 1 fully saturated rings. The Hall–Kier alpha value is -2.67. The SMILES string of the molecule is C=CC(=O)NCCc1nc2ccccc2n1CC(=O)N1CCOCC1. The first-order valence-corrected chi connectivity index (χ1v) is 8.39. The van der Waals surface area contributed by atoms with Crippen molar-refractivity contribution in [3.63, 3.8) is 0 Å². The number of imidazole rings is 1. The Morgan fingerprint density at radius 3 is 2.80 bits per heavy atom. The molecule has 0 radical (unpaired) electrons. The molecule has 1 aromatic heterocycles. The number of morpholine rings is 1. The second-order valence-corrected chi connectivity index (χ2v) is 5.84. The summed E-state index contributed by atoms with van der Waals surface area (Å²) in [5, 5.41) is 2.75. The number of amides is 2. The van der Waals surface area contributed by atoms with Crippen LogP contribution in [0, 0.1) is 0 Å². The van der Waals surface area contributed by atoms with Crippen LogP contribution in [0.4, 0.5) is 0 Å². The number of rotatable bonds is 6. The van der Waals surface area contributed by atoms with Crippen molar-refractivity contribution >= 4 is 22.8 Å². The molecule has 0 unspecified atom stereocenters. The van der Waals surface area contributed by atoms with Gasteiger partial charge < -0.3 is 19.5 Å². The second-order valence-electron chi connectivity index (χ2n) is 5.84. The molecule has 0 atom stereocenters. The van der Waals surface area contributed by atoms with E-state index in [1.807, 2.05) is 33.7 Å². The summed E-state index contributed by atoms with van der Waals surface area (Å²) in [5.74, 6) is 0.627. The van der Waals surface area contributed by atoms with E-state index < -0.39 is 0 Å². The van der Waals surface area contributed by atoms with E-state index in [2.05, 4.69) is 16.9 Å². The number of ether oxygens (including phenoxy) is 1. The van der Waals surface area contributed by atoms with Gasteiger partial charge in [0.1, 0.15) is 12.4 Å². The Morgan fingerprint density at radius 1 is 1.28 bits per heavy atom. The molecule has 0 bridgehead atoms. The lowest BCUT2D eigenvalue weighted by molar-refractivity contribution is -0.135. The van der Waals surface area contributed by atoms with Gasteiger partial charge in [-0.1, -0.05) is 18.7 Å². The van der Waals surface area contributed by atoms with Crippen molar-refractivity contribution in [1.29, 1.82) is 0 Å². The fourth-order valence-electron chi connectivity index (χ4n) is 2.91. The van der Waals surface area contributed by atoms with Gasteiger partial charge in [-0.05, 0) is 18.2 Å². The van der Waals surface area contributed by atoms with Gasteiger partial charge in [0.25, 0.3) is 0 Å². The van der Waals surface area contributed by atoms with Crippen LogP contribution in [-0.2, 0) is 27.3 Å². The van der Waals surface area contributed by atoms with Gasteiger partial charge in [0.2, 0.25) is 11.8 Å². The van der Waals surface area contributed by atoms with Crippen LogP contribution < -0.4 is 5.32 Å². The monoisotopic (exact) mass is 342 g/mol. The molecule has 25 heavy (non-hydrogen) atoms. The Morgan fingerprint density at radius 2 is 2.04 bits per heavy atom. The molecule has 0 saturated carbocycles. The summed E-state index contributed by atoms with van der Waals surface area (Å²) in [5.41, 5.74) is 1.77. The minimum atomic E-state index is -0.216. The molecule has 7 nitrogen and oxygen atoms in total. The molecule has 1 saturated heterocycles. The topological polar surface area (TPSA) is 76.5 Å². The predicted molar refractivity (Wildman–Crippen MR) is 94.0 cm³/mol. The normalized spacial score (nSPS) is 14.5. The molecular formula is C18H22N4O3. The van der Waals surface area contributed by atoms with Gasteiger partial charge >= 0.3 is 0 Å². The van der Waals surface area contributed by atoms with Gasteiger partial charge in [-0.3, -0.25) is 9.59 Å². The van der Waals surface area contributed by atoms with E-state index in [0.717, 1.165) is 16.9 Å². The molecular weight excluding hydrogens is 320 g/mol. The summed E-state index contributed by atoms with van der Waals surface area (Å²) in [6.07, 6.45) is 1.79. The minimum Gasteiger partial charge on any atom is -0.378 e. The fourth-order valence-corrected chi connectivity index (χ4v) is 2.91. The molecule has 0 spiro atoms. The summed E-state index contributed by atoms with van der Waals surface area (Å²) in [7, 11) is 0. The van der Waals surface area contributed by atoms with E-state index in [-0.39, 0.29) is 18.4 Å². The van der Waals surface area contributed by atoms with Gasteiger partial charge in [0, 0.05) is 26.1 Å². The van der Waals surface area contributed by atoms with Crippen molar-refractivity contribution in [2.75, 3.05) is 32.8 Å². The Kier molecular flexibility index (Phi) is 5.45. The molecule has 1 N–H and O–H groups in total. The number of hydrogen-bond donors (Lipinski definition) is 1. The highest BCUT2D eigenvalue weighted by atomic mass is 16.5. The highest BCUT2D eigenvalue weighted by Crippen LogP contribution is 2.17. The molecule has 0 aliphatic carbocycles. The Bertz CT molecular complexity index is 778. The maximum Gasteiger partial charge on any atom is 0.243 e. The third-order valence-corrected chi connectivity index (χ3v) is 4.22. The minimum absolute atomic E-state index is 0.0582. The predicted octanol–water partition coefficient (Wildman–Crippen LogP) is 0.740. The van der Waals surface area contributed by atoms with Crippen LogP contribution in [0.3, 0.4) is 0 Å². The van der Waals surface area contributed by atoms with Gasteiger partial charge in [-0.25, -0.2) is 4.98 Å². The van der Waals surface area contributed by atoms with Gasteiger partial charge in [0.15, 0.2) is 0 Å². The number of aromatic nitrogens is 2. The first-order chi connectivity index (χ1) is 12.2. The molecule has 1 aromatic carbocycles. The molecule has 3 rings (SSSR count). The van der Waals surface area contributed by atoms with E-state index in [0.29, 0.717) is 39.3 Å².